The largest absolute Gasteiger partial charge is 0.497 e. The molecule has 0 saturated carbocycles. The summed E-state index contributed by atoms with van der Waals surface area (Å²) in [4.78, 5) is 12.7. The van der Waals surface area contributed by atoms with Crippen molar-refractivity contribution in [3.63, 3.8) is 0 Å². The van der Waals surface area contributed by atoms with Crippen LogP contribution in [0.25, 0.3) is 0 Å². The Morgan fingerprint density at radius 3 is 2.22 bits per heavy atom. The molecule has 146 valence electrons. The maximum atomic E-state index is 12.7. The predicted octanol–water partition coefficient (Wildman–Crippen LogP) is 2.70. The zero-order valence-corrected chi connectivity index (χ0v) is 16.6. The number of amides is 1. The molecule has 0 heterocycles. The van der Waals surface area contributed by atoms with Gasteiger partial charge in [-0.05, 0) is 42.2 Å². The lowest BCUT2D eigenvalue weighted by atomic mass is 10.0. The molecule has 0 aliphatic carbocycles. The molecule has 0 aliphatic rings. The Bertz CT molecular complexity index is 834. The second kappa shape index (κ2) is 9.53. The number of ether oxygens (including phenoxy) is 1. The van der Waals surface area contributed by atoms with Crippen LogP contribution in [0.3, 0.4) is 0 Å². The van der Waals surface area contributed by atoms with E-state index in [1.165, 1.54) is 19.2 Å². The Morgan fingerprint density at radius 1 is 1.04 bits per heavy atom. The monoisotopic (exact) mass is 390 g/mol. The molecule has 27 heavy (non-hydrogen) atoms. The molecule has 6 nitrogen and oxygen atoms in total. The molecule has 0 unspecified atom stereocenters. The van der Waals surface area contributed by atoms with Gasteiger partial charge in [-0.1, -0.05) is 44.2 Å². The van der Waals surface area contributed by atoms with Gasteiger partial charge in [-0.3, -0.25) is 4.79 Å². The quantitative estimate of drug-likeness (QED) is 0.689. The van der Waals surface area contributed by atoms with Crippen LogP contribution in [-0.4, -0.2) is 27.5 Å². The maximum Gasteiger partial charge on any atom is 0.241 e. The molecule has 2 N–H and O–H groups in total. The molecule has 2 aromatic carbocycles. The highest BCUT2D eigenvalue weighted by Crippen LogP contribution is 2.17. The van der Waals surface area contributed by atoms with Crippen LogP contribution in [0.4, 0.5) is 0 Å². The summed E-state index contributed by atoms with van der Waals surface area (Å²) in [5.41, 5.74) is 0.951. The van der Waals surface area contributed by atoms with Crippen LogP contribution in [0.2, 0.25) is 0 Å². The van der Waals surface area contributed by atoms with E-state index < -0.39 is 16.1 Å². The Kier molecular flexibility index (Phi) is 7.38. The molecule has 0 aliphatic heterocycles. The molecule has 0 radical (unpaired) electrons. The third-order valence-corrected chi connectivity index (χ3v) is 5.49. The minimum absolute atomic E-state index is 0.0907. The van der Waals surface area contributed by atoms with E-state index in [4.69, 9.17) is 4.74 Å². The summed E-state index contributed by atoms with van der Waals surface area (Å²) < 4.78 is 32.9. The van der Waals surface area contributed by atoms with Gasteiger partial charge < -0.3 is 10.1 Å². The van der Waals surface area contributed by atoms with Crippen molar-refractivity contribution in [1.82, 2.24) is 10.0 Å². The topological polar surface area (TPSA) is 84.5 Å². The highest BCUT2D eigenvalue weighted by Gasteiger charge is 2.26. The summed E-state index contributed by atoms with van der Waals surface area (Å²) in [5, 5.41) is 2.81. The van der Waals surface area contributed by atoms with Crippen LogP contribution in [0, 0.1) is 5.92 Å². The molecule has 0 spiro atoms. The second-order valence-corrected chi connectivity index (χ2v) is 8.40. The normalized spacial score (nSPS) is 12.6. The molecule has 2 aromatic rings. The fourth-order valence-electron chi connectivity index (χ4n) is 2.60. The number of nitrogens with one attached hydrogen (secondary N) is 2. The number of hydrogen-bond donors (Lipinski definition) is 2. The van der Waals surface area contributed by atoms with Gasteiger partial charge in [-0.15, -0.1) is 0 Å². The molecule has 1 amide bonds. The third-order valence-electron chi connectivity index (χ3n) is 4.00. The Morgan fingerprint density at radius 2 is 1.67 bits per heavy atom. The van der Waals surface area contributed by atoms with Gasteiger partial charge in [0.25, 0.3) is 0 Å². The van der Waals surface area contributed by atoms with E-state index in [1.54, 1.807) is 12.1 Å². The smallest absolute Gasteiger partial charge is 0.241 e. The first kappa shape index (κ1) is 20.9. The van der Waals surface area contributed by atoms with E-state index in [0.717, 1.165) is 5.56 Å². The third kappa shape index (κ3) is 6.37. The number of methoxy groups -OCH3 is 1. The zero-order valence-electron chi connectivity index (χ0n) is 15.8. The predicted molar refractivity (Wildman–Crippen MR) is 105 cm³/mol. The molecule has 0 aromatic heterocycles. The van der Waals surface area contributed by atoms with Gasteiger partial charge in [-0.2, -0.15) is 4.72 Å². The van der Waals surface area contributed by atoms with E-state index in [0.29, 0.717) is 18.7 Å². The summed E-state index contributed by atoms with van der Waals surface area (Å²) >= 11 is 0. The zero-order chi connectivity index (χ0) is 19.9. The van der Waals surface area contributed by atoms with E-state index in [2.05, 4.69) is 10.0 Å². The van der Waals surface area contributed by atoms with Gasteiger partial charge in [0.15, 0.2) is 0 Å². The van der Waals surface area contributed by atoms with Gasteiger partial charge in [0, 0.05) is 6.54 Å². The SMILES string of the molecule is COc1ccc(S(=O)(=O)N[C@H](CC(C)C)C(=O)NCc2ccccc2)cc1. The molecular formula is C20H26N2O4S. The number of carbonyl (C=O) groups is 1. The Hall–Kier alpha value is -2.38. The van der Waals surface area contributed by atoms with E-state index in [1.807, 2.05) is 44.2 Å². The van der Waals surface area contributed by atoms with Crippen molar-refractivity contribution in [2.75, 3.05) is 7.11 Å². The highest BCUT2D eigenvalue weighted by molar-refractivity contribution is 7.89. The van der Waals surface area contributed by atoms with Crippen LogP contribution in [0.15, 0.2) is 59.5 Å². The van der Waals surface area contributed by atoms with Crippen LogP contribution in [-0.2, 0) is 21.4 Å². The Balaban J connectivity index is 2.10. The van der Waals surface area contributed by atoms with Crippen molar-refractivity contribution >= 4 is 15.9 Å². The van der Waals surface area contributed by atoms with Crippen LogP contribution in [0.5, 0.6) is 5.75 Å². The van der Waals surface area contributed by atoms with Gasteiger partial charge in [0.05, 0.1) is 12.0 Å². The Labute approximate surface area is 161 Å². The molecule has 7 heteroatoms. The molecule has 0 bridgehead atoms. The summed E-state index contributed by atoms with van der Waals surface area (Å²) in [6.45, 7) is 4.23. The number of rotatable bonds is 9. The average molecular weight is 391 g/mol. The lowest BCUT2D eigenvalue weighted by Crippen LogP contribution is -2.47. The minimum atomic E-state index is -3.82. The molecule has 0 saturated heterocycles. The van der Waals surface area contributed by atoms with Crippen LogP contribution in [0.1, 0.15) is 25.8 Å². The maximum absolute atomic E-state index is 12.7. The number of sulfonamides is 1. The standard InChI is InChI=1S/C20H26N2O4S/c1-15(2)13-19(20(23)21-14-16-7-5-4-6-8-16)22-27(24,25)18-11-9-17(26-3)10-12-18/h4-12,15,19,22H,13-14H2,1-3H3,(H,21,23)/t19-/m1/s1. The van der Waals surface area contributed by atoms with Crippen molar-refractivity contribution in [2.24, 2.45) is 5.92 Å². The highest BCUT2D eigenvalue weighted by atomic mass is 32.2. The van der Waals surface area contributed by atoms with Crippen molar-refractivity contribution in [1.29, 1.82) is 0 Å². The van der Waals surface area contributed by atoms with E-state index in [-0.39, 0.29) is 16.7 Å². The lowest BCUT2D eigenvalue weighted by molar-refractivity contribution is -0.123. The first-order chi connectivity index (χ1) is 12.8. The second-order valence-electron chi connectivity index (χ2n) is 6.68. The summed E-state index contributed by atoms with van der Waals surface area (Å²) in [6, 6.07) is 14.7. The molecule has 1 atom stereocenters. The summed E-state index contributed by atoms with van der Waals surface area (Å²) in [7, 11) is -2.31. The molecular weight excluding hydrogens is 364 g/mol. The summed E-state index contributed by atoms with van der Waals surface area (Å²) in [5.74, 6) is 0.369. The minimum Gasteiger partial charge on any atom is -0.497 e. The van der Waals surface area contributed by atoms with Crippen LogP contribution >= 0.6 is 0 Å². The van der Waals surface area contributed by atoms with Crippen molar-refractivity contribution < 1.29 is 17.9 Å². The fourth-order valence-corrected chi connectivity index (χ4v) is 3.81. The van der Waals surface area contributed by atoms with Crippen molar-refractivity contribution in [2.45, 2.75) is 37.8 Å². The van der Waals surface area contributed by atoms with Gasteiger partial charge in [0.2, 0.25) is 15.9 Å². The number of hydrogen-bond acceptors (Lipinski definition) is 4. The molecule has 0 fully saturated rings. The lowest BCUT2D eigenvalue weighted by Gasteiger charge is -2.20. The van der Waals surface area contributed by atoms with E-state index in [9.17, 15) is 13.2 Å². The van der Waals surface area contributed by atoms with Gasteiger partial charge in [0.1, 0.15) is 11.8 Å². The fraction of sp³-hybridized carbons (Fsp3) is 0.350. The average Bonchev–Trinajstić information content (AvgIpc) is 2.66. The van der Waals surface area contributed by atoms with Gasteiger partial charge >= 0.3 is 0 Å². The first-order valence-electron chi connectivity index (χ1n) is 8.80. The van der Waals surface area contributed by atoms with Crippen molar-refractivity contribution in [3.8, 4) is 5.75 Å². The summed E-state index contributed by atoms with van der Waals surface area (Å²) in [6.07, 6.45) is 0.399. The van der Waals surface area contributed by atoms with E-state index >= 15 is 0 Å². The number of carbonyl (C=O) groups excluding carboxylic acids is 1. The number of benzene rings is 2. The van der Waals surface area contributed by atoms with Gasteiger partial charge in [-0.25, -0.2) is 8.42 Å². The molecule has 2 rings (SSSR count). The first-order valence-corrected chi connectivity index (χ1v) is 10.3. The van der Waals surface area contributed by atoms with Crippen molar-refractivity contribution in [3.05, 3.63) is 60.2 Å². The van der Waals surface area contributed by atoms with Crippen LogP contribution < -0.4 is 14.8 Å².